The summed E-state index contributed by atoms with van der Waals surface area (Å²) in [5.41, 5.74) is 4.35. The number of carbonyl (C=O) groups is 2. The third kappa shape index (κ3) is 4.84. The second-order valence-corrected chi connectivity index (χ2v) is 5.82. The van der Waals surface area contributed by atoms with Crippen LogP contribution in [0.4, 0.5) is 11.4 Å². The van der Waals surface area contributed by atoms with Gasteiger partial charge in [0.2, 0.25) is 5.91 Å². The zero-order valence-corrected chi connectivity index (χ0v) is 14.4. The third-order valence-electron chi connectivity index (χ3n) is 3.52. The molecule has 2 rings (SSSR count). The highest BCUT2D eigenvalue weighted by Gasteiger charge is 2.08. The molecule has 0 aliphatic heterocycles. The van der Waals surface area contributed by atoms with Crippen molar-refractivity contribution in [2.24, 2.45) is 0 Å². The maximum atomic E-state index is 12.1. The van der Waals surface area contributed by atoms with E-state index in [9.17, 15) is 9.59 Å². The van der Waals surface area contributed by atoms with E-state index < -0.39 is 0 Å². The average molecular weight is 326 g/mol. The smallest absolute Gasteiger partial charge is 0.262 e. The minimum Gasteiger partial charge on any atom is -0.483 e. The lowest BCUT2D eigenvalue weighted by molar-refractivity contribution is -0.118. The van der Waals surface area contributed by atoms with Crippen molar-refractivity contribution in [2.45, 2.75) is 27.7 Å². The van der Waals surface area contributed by atoms with Crippen LogP contribution in [0.1, 0.15) is 23.6 Å². The SMILES string of the molecule is CC(=O)Nc1cc(NC(=O)COc2ccc(C)cc2C)ccc1C. The van der Waals surface area contributed by atoms with Crippen LogP contribution in [0.2, 0.25) is 0 Å². The second-order valence-electron chi connectivity index (χ2n) is 5.82. The largest absolute Gasteiger partial charge is 0.483 e. The molecular weight excluding hydrogens is 304 g/mol. The van der Waals surface area contributed by atoms with Crippen molar-refractivity contribution in [1.82, 2.24) is 0 Å². The molecule has 2 aromatic carbocycles. The number of anilines is 2. The first-order valence-corrected chi connectivity index (χ1v) is 7.73. The van der Waals surface area contributed by atoms with Crippen LogP contribution in [0.15, 0.2) is 36.4 Å². The van der Waals surface area contributed by atoms with E-state index in [1.807, 2.05) is 45.0 Å². The van der Waals surface area contributed by atoms with E-state index in [0.29, 0.717) is 17.1 Å². The lowest BCUT2D eigenvalue weighted by Crippen LogP contribution is -2.20. The minimum absolute atomic E-state index is 0.0761. The first kappa shape index (κ1) is 17.5. The minimum atomic E-state index is -0.257. The van der Waals surface area contributed by atoms with E-state index >= 15 is 0 Å². The van der Waals surface area contributed by atoms with Crippen molar-refractivity contribution in [3.05, 3.63) is 53.1 Å². The molecule has 0 atom stereocenters. The van der Waals surface area contributed by atoms with E-state index in [0.717, 1.165) is 16.7 Å². The van der Waals surface area contributed by atoms with Gasteiger partial charge in [-0.25, -0.2) is 0 Å². The summed E-state index contributed by atoms with van der Waals surface area (Å²) in [5.74, 6) is 0.283. The van der Waals surface area contributed by atoms with Gasteiger partial charge in [-0.1, -0.05) is 23.8 Å². The monoisotopic (exact) mass is 326 g/mol. The van der Waals surface area contributed by atoms with Crippen LogP contribution < -0.4 is 15.4 Å². The Morgan fingerprint density at radius 1 is 0.958 bits per heavy atom. The Morgan fingerprint density at radius 3 is 2.38 bits per heavy atom. The summed E-state index contributed by atoms with van der Waals surface area (Å²) in [6, 6.07) is 11.2. The van der Waals surface area contributed by atoms with Crippen molar-refractivity contribution in [3.8, 4) is 5.75 Å². The van der Waals surface area contributed by atoms with Gasteiger partial charge in [-0.15, -0.1) is 0 Å². The van der Waals surface area contributed by atoms with E-state index in [-0.39, 0.29) is 18.4 Å². The molecule has 0 spiro atoms. The molecule has 2 N–H and O–H groups in total. The second kappa shape index (κ2) is 7.64. The topological polar surface area (TPSA) is 67.4 Å². The van der Waals surface area contributed by atoms with Crippen LogP contribution in [0.5, 0.6) is 5.75 Å². The van der Waals surface area contributed by atoms with Crippen molar-refractivity contribution in [3.63, 3.8) is 0 Å². The number of aryl methyl sites for hydroxylation is 3. The van der Waals surface area contributed by atoms with Crippen LogP contribution in [-0.4, -0.2) is 18.4 Å². The number of benzene rings is 2. The molecule has 0 fully saturated rings. The number of rotatable bonds is 5. The van der Waals surface area contributed by atoms with Crippen molar-refractivity contribution in [2.75, 3.05) is 17.2 Å². The number of hydrogen-bond donors (Lipinski definition) is 2. The van der Waals surface area contributed by atoms with Gasteiger partial charge in [-0.3, -0.25) is 9.59 Å². The van der Waals surface area contributed by atoms with E-state index in [1.54, 1.807) is 12.1 Å². The number of nitrogens with one attached hydrogen (secondary N) is 2. The predicted molar refractivity (Wildman–Crippen MR) is 95.5 cm³/mol. The Bertz CT molecular complexity index is 769. The molecule has 0 radical (unpaired) electrons. The molecule has 5 heteroatoms. The van der Waals surface area contributed by atoms with Gasteiger partial charge in [0.15, 0.2) is 6.61 Å². The standard InChI is InChI=1S/C19H22N2O3/c1-12-5-8-18(14(3)9-12)24-11-19(23)21-16-7-6-13(2)17(10-16)20-15(4)22/h5-10H,11H2,1-4H3,(H,20,22)(H,21,23). The van der Waals surface area contributed by atoms with Gasteiger partial charge in [0.25, 0.3) is 5.91 Å². The van der Waals surface area contributed by atoms with Crippen LogP contribution in [0.25, 0.3) is 0 Å². The lowest BCUT2D eigenvalue weighted by Gasteiger charge is -2.12. The van der Waals surface area contributed by atoms with Crippen LogP contribution in [0, 0.1) is 20.8 Å². The highest BCUT2D eigenvalue weighted by molar-refractivity contribution is 5.94. The molecule has 2 amide bonds. The quantitative estimate of drug-likeness (QED) is 0.882. The first-order chi connectivity index (χ1) is 11.3. The van der Waals surface area contributed by atoms with E-state index in [1.165, 1.54) is 6.92 Å². The summed E-state index contributed by atoms with van der Waals surface area (Å²) in [6.07, 6.45) is 0. The Labute approximate surface area is 142 Å². The van der Waals surface area contributed by atoms with Gasteiger partial charge >= 0.3 is 0 Å². The van der Waals surface area contributed by atoms with Crippen molar-refractivity contribution < 1.29 is 14.3 Å². The zero-order valence-electron chi connectivity index (χ0n) is 14.4. The van der Waals surface area contributed by atoms with Crippen LogP contribution in [0.3, 0.4) is 0 Å². The molecule has 0 aliphatic rings. The summed E-state index contributed by atoms with van der Waals surface area (Å²) in [4.78, 5) is 23.3. The Kier molecular flexibility index (Phi) is 5.58. The molecule has 24 heavy (non-hydrogen) atoms. The van der Waals surface area contributed by atoms with E-state index in [4.69, 9.17) is 4.74 Å². The van der Waals surface area contributed by atoms with Gasteiger partial charge in [-0.2, -0.15) is 0 Å². The maximum Gasteiger partial charge on any atom is 0.262 e. The average Bonchev–Trinajstić information content (AvgIpc) is 2.49. The molecule has 0 unspecified atom stereocenters. The fourth-order valence-corrected chi connectivity index (χ4v) is 2.33. The fourth-order valence-electron chi connectivity index (χ4n) is 2.33. The number of carbonyl (C=O) groups excluding carboxylic acids is 2. The van der Waals surface area contributed by atoms with Crippen LogP contribution >= 0.6 is 0 Å². The van der Waals surface area contributed by atoms with Crippen molar-refractivity contribution >= 4 is 23.2 Å². The van der Waals surface area contributed by atoms with Gasteiger partial charge < -0.3 is 15.4 Å². The van der Waals surface area contributed by atoms with Gasteiger partial charge in [0.05, 0.1) is 0 Å². The van der Waals surface area contributed by atoms with Gasteiger partial charge in [0, 0.05) is 18.3 Å². The number of ether oxygens (including phenoxy) is 1. The number of amides is 2. The molecular formula is C19H22N2O3. The summed E-state index contributed by atoms with van der Waals surface area (Å²) in [7, 11) is 0. The maximum absolute atomic E-state index is 12.1. The normalized spacial score (nSPS) is 10.2. The zero-order chi connectivity index (χ0) is 17.7. The fraction of sp³-hybridized carbons (Fsp3) is 0.263. The molecule has 2 aromatic rings. The summed E-state index contributed by atoms with van der Waals surface area (Å²) < 4.78 is 5.56. The lowest BCUT2D eigenvalue weighted by atomic mass is 10.1. The molecule has 0 saturated carbocycles. The molecule has 0 bridgehead atoms. The summed E-state index contributed by atoms with van der Waals surface area (Å²) >= 11 is 0. The molecule has 0 saturated heterocycles. The summed E-state index contributed by atoms with van der Waals surface area (Å²) in [5, 5.41) is 5.50. The third-order valence-corrected chi connectivity index (χ3v) is 3.52. The van der Waals surface area contributed by atoms with E-state index in [2.05, 4.69) is 10.6 Å². The summed E-state index contributed by atoms with van der Waals surface area (Å²) in [6.45, 7) is 7.21. The number of hydrogen-bond acceptors (Lipinski definition) is 3. The highest BCUT2D eigenvalue weighted by Crippen LogP contribution is 2.21. The molecule has 0 heterocycles. The highest BCUT2D eigenvalue weighted by atomic mass is 16.5. The molecule has 126 valence electrons. The molecule has 0 aromatic heterocycles. The van der Waals surface area contributed by atoms with Crippen LogP contribution in [-0.2, 0) is 9.59 Å². The Balaban J connectivity index is 1.98. The Hall–Kier alpha value is -2.82. The molecule has 0 aliphatic carbocycles. The van der Waals surface area contributed by atoms with Crippen molar-refractivity contribution in [1.29, 1.82) is 0 Å². The van der Waals surface area contributed by atoms with Gasteiger partial charge in [0.1, 0.15) is 5.75 Å². The predicted octanol–water partition coefficient (Wildman–Crippen LogP) is 3.59. The first-order valence-electron chi connectivity index (χ1n) is 7.73. The van der Waals surface area contributed by atoms with Gasteiger partial charge in [-0.05, 0) is 50.1 Å². The molecule has 5 nitrogen and oxygen atoms in total. The Morgan fingerprint density at radius 2 is 1.71 bits per heavy atom.